The van der Waals surface area contributed by atoms with Gasteiger partial charge < -0.3 is 20.1 Å². The first-order valence-electron chi connectivity index (χ1n) is 7.13. The highest BCUT2D eigenvalue weighted by Gasteiger charge is 2.06. The lowest BCUT2D eigenvalue weighted by Crippen LogP contribution is -2.16. The number of carbonyl (C=O) groups is 1. The normalized spacial score (nSPS) is 10.0. The Hall–Kier alpha value is -2.76. The zero-order chi connectivity index (χ0) is 16.7. The van der Waals surface area contributed by atoms with Crippen molar-refractivity contribution in [3.05, 3.63) is 48.3 Å². The van der Waals surface area contributed by atoms with Crippen LogP contribution in [0.1, 0.15) is 6.42 Å². The Morgan fingerprint density at radius 1 is 1.04 bits per heavy atom. The maximum atomic E-state index is 13.0. The number of nitrogens with one attached hydrogen (secondary N) is 2. The van der Waals surface area contributed by atoms with Gasteiger partial charge in [0.15, 0.2) is 11.5 Å². The molecule has 0 heterocycles. The van der Waals surface area contributed by atoms with Gasteiger partial charge >= 0.3 is 0 Å². The number of rotatable bonds is 7. The third-order valence-corrected chi connectivity index (χ3v) is 3.17. The molecule has 0 aliphatic rings. The molecule has 0 aliphatic heterocycles. The van der Waals surface area contributed by atoms with Gasteiger partial charge in [0.1, 0.15) is 5.82 Å². The van der Waals surface area contributed by atoms with Gasteiger partial charge in [-0.3, -0.25) is 4.79 Å². The van der Waals surface area contributed by atoms with E-state index >= 15 is 0 Å². The zero-order valence-corrected chi connectivity index (χ0v) is 13.1. The van der Waals surface area contributed by atoms with Crippen molar-refractivity contribution in [2.45, 2.75) is 6.42 Å². The molecular formula is C17H19FN2O3. The van der Waals surface area contributed by atoms with Crippen molar-refractivity contribution in [3.8, 4) is 11.5 Å². The summed E-state index contributed by atoms with van der Waals surface area (Å²) in [4.78, 5) is 11.8. The van der Waals surface area contributed by atoms with E-state index in [1.54, 1.807) is 38.5 Å². The summed E-state index contributed by atoms with van der Waals surface area (Å²) >= 11 is 0. The monoisotopic (exact) mass is 318 g/mol. The summed E-state index contributed by atoms with van der Waals surface area (Å²) in [7, 11) is 3.13. The van der Waals surface area contributed by atoms with Gasteiger partial charge in [0, 0.05) is 30.4 Å². The lowest BCUT2D eigenvalue weighted by molar-refractivity contribution is -0.115. The van der Waals surface area contributed by atoms with Gasteiger partial charge in [-0.05, 0) is 30.3 Å². The van der Waals surface area contributed by atoms with Crippen LogP contribution >= 0.6 is 0 Å². The highest BCUT2D eigenvalue weighted by atomic mass is 19.1. The molecule has 0 fully saturated rings. The van der Waals surface area contributed by atoms with Crippen LogP contribution < -0.4 is 20.1 Å². The molecule has 0 saturated carbocycles. The summed E-state index contributed by atoms with van der Waals surface area (Å²) < 4.78 is 23.4. The third kappa shape index (κ3) is 4.88. The minimum Gasteiger partial charge on any atom is -0.493 e. The van der Waals surface area contributed by atoms with Crippen LogP contribution in [0.15, 0.2) is 42.5 Å². The number of ether oxygens (including phenoxy) is 2. The van der Waals surface area contributed by atoms with Crippen molar-refractivity contribution in [2.24, 2.45) is 0 Å². The molecule has 2 N–H and O–H groups in total. The van der Waals surface area contributed by atoms with E-state index in [2.05, 4.69) is 10.6 Å². The van der Waals surface area contributed by atoms with E-state index in [0.29, 0.717) is 23.7 Å². The molecule has 0 aromatic heterocycles. The second-order valence-electron chi connectivity index (χ2n) is 4.81. The van der Waals surface area contributed by atoms with Crippen molar-refractivity contribution in [2.75, 3.05) is 31.4 Å². The maximum absolute atomic E-state index is 13.0. The second kappa shape index (κ2) is 8.03. The number of anilines is 2. The average Bonchev–Trinajstić information content (AvgIpc) is 2.54. The number of amides is 1. The highest BCUT2D eigenvalue weighted by molar-refractivity contribution is 5.90. The van der Waals surface area contributed by atoms with Gasteiger partial charge in [-0.1, -0.05) is 6.07 Å². The molecule has 5 nitrogen and oxygen atoms in total. The molecule has 1 amide bonds. The maximum Gasteiger partial charge on any atom is 0.226 e. The molecule has 0 atom stereocenters. The topological polar surface area (TPSA) is 59.6 Å². The SMILES string of the molecule is COc1ccc(NCCC(=O)Nc2cccc(F)c2)cc1OC. The Morgan fingerprint density at radius 2 is 1.83 bits per heavy atom. The Morgan fingerprint density at radius 3 is 2.52 bits per heavy atom. The quantitative estimate of drug-likeness (QED) is 0.822. The van der Waals surface area contributed by atoms with E-state index in [1.807, 2.05) is 6.07 Å². The van der Waals surface area contributed by atoms with Crippen molar-refractivity contribution >= 4 is 17.3 Å². The van der Waals surface area contributed by atoms with E-state index < -0.39 is 0 Å². The summed E-state index contributed by atoms with van der Waals surface area (Å²) in [6, 6.07) is 11.2. The Kier molecular flexibility index (Phi) is 5.80. The fourth-order valence-corrected chi connectivity index (χ4v) is 2.06. The summed E-state index contributed by atoms with van der Waals surface area (Å²) in [5, 5.41) is 5.77. The van der Waals surface area contributed by atoms with Crippen LogP contribution in [0.2, 0.25) is 0 Å². The van der Waals surface area contributed by atoms with Gasteiger partial charge in [0.25, 0.3) is 0 Å². The van der Waals surface area contributed by atoms with Gasteiger partial charge in [-0.15, -0.1) is 0 Å². The third-order valence-electron chi connectivity index (χ3n) is 3.17. The molecule has 0 radical (unpaired) electrons. The largest absolute Gasteiger partial charge is 0.493 e. The summed E-state index contributed by atoms with van der Waals surface area (Å²) in [5.41, 5.74) is 1.27. The summed E-state index contributed by atoms with van der Waals surface area (Å²) in [6.45, 7) is 0.441. The number of benzene rings is 2. The lowest BCUT2D eigenvalue weighted by atomic mass is 10.2. The molecule has 6 heteroatoms. The second-order valence-corrected chi connectivity index (χ2v) is 4.81. The molecule has 2 aromatic carbocycles. The van der Waals surface area contributed by atoms with E-state index in [-0.39, 0.29) is 18.1 Å². The molecular weight excluding hydrogens is 299 g/mol. The van der Waals surface area contributed by atoms with E-state index in [0.717, 1.165) is 5.69 Å². The van der Waals surface area contributed by atoms with Gasteiger partial charge in [0.05, 0.1) is 14.2 Å². The molecule has 122 valence electrons. The first-order chi connectivity index (χ1) is 11.1. The van der Waals surface area contributed by atoms with Crippen molar-refractivity contribution < 1.29 is 18.7 Å². The van der Waals surface area contributed by atoms with Crippen LogP contribution in [-0.2, 0) is 4.79 Å². The minimum atomic E-state index is -0.383. The first-order valence-corrected chi connectivity index (χ1v) is 7.13. The predicted molar refractivity (Wildman–Crippen MR) is 87.7 cm³/mol. The van der Waals surface area contributed by atoms with E-state index in [9.17, 15) is 9.18 Å². The van der Waals surface area contributed by atoms with Crippen molar-refractivity contribution in [3.63, 3.8) is 0 Å². The summed E-state index contributed by atoms with van der Waals surface area (Å²) in [5.74, 6) is 0.679. The number of hydrogen-bond donors (Lipinski definition) is 2. The van der Waals surface area contributed by atoms with Gasteiger partial charge in [-0.2, -0.15) is 0 Å². The molecule has 2 rings (SSSR count). The smallest absolute Gasteiger partial charge is 0.226 e. The Labute approximate surface area is 134 Å². The standard InChI is InChI=1S/C17H19FN2O3/c1-22-15-7-6-13(11-16(15)23-2)19-9-8-17(21)20-14-5-3-4-12(18)10-14/h3-7,10-11,19H,8-9H2,1-2H3,(H,20,21). The number of carbonyl (C=O) groups excluding carboxylic acids is 1. The van der Waals surface area contributed by atoms with Crippen LogP contribution in [0.25, 0.3) is 0 Å². The summed E-state index contributed by atoms with van der Waals surface area (Å²) in [6.07, 6.45) is 0.255. The fraction of sp³-hybridized carbons (Fsp3) is 0.235. The number of halogens is 1. The minimum absolute atomic E-state index is 0.191. The Balaban J connectivity index is 1.83. The van der Waals surface area contributed by atoms with E-state index in [4.69, 9.17) is 9.47 Å². The molecule has 0 aliphatic carbocycles. The molecule has 0 saturated heterocycles. The van der Waals surface area contributed by atoms with Crippen molar-refractivity contribution in [1.82, 2.24) is 0 Å². The zero-order valence-electron chi connectivity index (χ0n) is 13.1. The molecule has 0 bridgehead atoms. The molecule has 0 spiro atoms. The number of methoxy groups -OCH3 is 2. The Bertz CT molecular complexity index is 677. The van der Waals surface area contributed by atoms with E-state index in [1.165, 1.54) is 12.1 Å². The van der Waals surface area contributed by atoms with Crippen molar-refractivity contribution in [1.29, 1.82) is 0 Å². The van der Waals surface area contributed by atoms with Crippen LogP contribution in [0.5, 0.6) is 11.5 Å². The average molecular weight is 318 g/mol. The van der Waals surface area contributed by atoms with Gasteiger partial charge in [-0.25, -0.2) is 4.39 Å². The van der Waals surface area contributed by atoms with Crippen LogP contribution in [-0.4, -0.2) is 26.7 Å². The van der Waals surface area contributed by atoms with Crippen LogP contribution in [0.4, 0.5) is 15.8 Å². The van der Waals surface area contributed by atoms with Crippen LogP contribution in [0.3, 0.4) is 0 Å². The molecule has 2 aromatic rings. The number of hydrogen-bond acceptors (Lipinski definition) is 4. The fourth-order valence-electron chi connectivity index (χ4n) is 2.06. The van der Waals surface area contributed by atoms with Gasteiger partial charge in [0.2, 0.25) is 5.91 Å². The molecule has 23 heavy (non-hydrogen) atoms. The predicted octanol–water partition coefficient (Wildman–Crippen LogP) is 3.28. The highest BCUT2D eigenvalue weighted by Crippen LogP contribution is 2.29. The first kappa shape index (κ1) is 16.6. The van der Waals surface area contributed by atoms with Crippen LogP contribution in [0, 0.1) is 5.82 Å². The lowest BCUT2D eigenvalue weighted by Gasteiger charge is -2.11. The molecule has 0 unspecified atom stereocenters.